The zero-order valence-electron chi connectivity index (χ0n) is 20.0. The lowest BCUT2D eigenvalue weighted by atomic mass is 9.80. The van der Waals surface area contributed by atoms with E-state index in [1.54, 1.807) is 0 Å². The third-order valence-electron chi connectivity index (χ3n) is 7.47. The van der Waals surface area contributed by atoms with Gasteiger partial charge in [-0.05, 0) is 48.9 Å². The van der Waals surface area contributed by atoms with Gasteiger partial charge in [0.05, 0.1) is 0 Å². The summed E-state index contributed by atoms with van der Waals surface area (Å²) in [5.41, 5.74) is 1.95. The Balaban J connectivity index is 1.51. The Morgan fingerprint density at radius 2 is 1.53 bits per heavy atom. The van der Waals surface area contributed by atoms with Crippen molar-refractivity contribution in [3.8, 4) is 11.1 Å². The topological polar surface area (TPSA) is 95.9 Å². The van der Waals surface area contributed by atoms with Crippen molar-refractivity contribution >= 4 is 18.0 Å². The van der Waals surface area contributed by atoms with E-state index in [1.165, 1.54) is 25.8 Å². The van der Waals surface area contributed by atoms with Crippen LogP contribution in [0.4, 0.5) is 4.79 Å². The standard InChI is InChI=1S/C27H32N2O5/c1-26(2,24(31)32)29(3)23(30)27(15-9-4-10-16-27)28-25(33)34-17-22-20-13-7-5-11-18(20)19-12-6-8-14-21(19)22/h5-8,11-14,22H,4,9-10,15-17H2,1-3H3,(H,28,33)(H,31,32). The van der Waals surface area contributed by atoms with Gasteiger partial charge in [-0.3, -0.25) is 4.79 Å². The first kappa shape index (κ1) is 23.8. The van der Waals surface area contributed by atoms with Crippen LogP contribution in [0, 0.1) is 0 Å². The van der Waals surface area contributed by atoms with Crippen molar-refractivity contribution in [1.82, 2.24) is 10.2 Å². The lowest BCUT2D eigenvalue weighted by molar-refractivity contribution is -0.158. The number of carbonyl (C=O) groups excluding carboxylic acids is 2. The Kier molecular flexibility index (Phi) is 6.39. The Labute approximate surface area is 200 Å². The van der Waals surface area contributed by atoms with Gasteiger partial charge in [-0.15, -0.1) is 0 Å². The van der Waals surface area contributed by atoms with Crippen molar-refractivity contribution in [3.05, 3.63) is 59.7 Å². The van der Waals surface area contributed by atoms with Crippen LogP contribution in [-0.4, -0.2) is 52.7 Å². The maximum absolute atomic E-state index is 13.5. The smallest absolute Gasteiger partial charge is 0.408 e. The minimum Gasteiger partial charge on any atom is -0.480 e. The number of amides is 2. The van der Waals surface area contributed by atoms with E-state index in [1.807, 2.05) is 24.3 Å². The van der Waals surface area contributed by atoms with Crippen LogP contribution in [-0.2, 0) is 14.3 Å². The first-order valence-electron chi connectivity index (χ1n) is 11.8. The summed E-state index contributed by atoms with van der Waals surface area (Å²) in [4.78, 5) is 39.4. The second-order valence-corrected chi connectivity index (χ2v) is 9.82. The van der Waals surface area contributed by atoms with Gasteiger partial charge >= 0.3 is 12.1 Å². The Bertz CT molecular complexity index is 1060. The molecule has 2 aliphatic carbocycles. The predicted octanol–water partition coefficient (Wildman–Crippen LogP) is 4.55. The lowest BCUT2D eigenvalue weighted by Crippen LogP contribution is -2.64. The fourth-order valence-corrected chi connectivity index (χ4v) is 5.10. The summed E-state index contributed by atoms with van der Waals surface area (Å²) in [5, 5.41) is 12.4. The van der Waals surface area contributed by atoms with Gasteiger partial charge in [0, 0.05) is 13.0 Å². The lowest BCUT2D eigenvalue weighted by Gasteiger charge is -2.42. The number of hydrogen-bond acceptors (Lipinski definition) is 4. The third kappa shape index (κ3) is 4.15. The largest absolute Gasteiger partial charge is 0.480 e. The van der Waals surface area contributed by atoms with E-state index in [2.05, 4.69) is 29.6 Å². The molecule has 1 fully saturated rings. The molecule has 7 heteroatoms. The van der Waals surface area contributed by atoms with Crippen LogP contribution in [0.1, 0.15) is 63.0 Å². The normalized spacial score (nSPS) is 16.8. The molecule has 0 unspecified atom stereocenters. The van der Waals surface area contributed by atoms with Gasteiger partial charge in [-0.2, -0.15) is 0 Å². The van der Waals surface area contributed by atoms with Gasteiger partial charge in [-0.1, -0.05) is 67.8 Å². The molecule has 0 radical (unpaired) electrons. The van der Waals surface area contributed by atoms with E-state index in [-0.39, 0.29) is 12.5 Å². The zero-order valence-corrected chi connectivity index (χ0v) is 20.0. The minimum absolute atomic E-state index is 0.0789. The maximum atomic E-state index is 13.5. The number of hydrogen-bond donors (Lipinski definition) is 2. The number of benzene rings is 2. The van der Waals surface area contributed by atoms with Crippen molar-refractivity contribution < 1.29 is 24.2 Å². The van der Waals surface area contributed by atoms with Gasteiger partial charge in [0.2, 0.25) is 5.91 Å². The number of carbonyl (C=O) groups is 3. The van der Waals surface area contributed by atoms with E-state index in [0.717, 1.165) is 41.5 Å². The van der Waals surface area contributed by atoms with Crippen LogP contribution in [0.2, 0.25) is 0 Å². The molecule has 2 aromatic rings. The van der Waals surface area contributed by atoms with Crippen LogP contribution in [0.3, 0.4) is 0 Å². The number of nitrogens with zero attached hydrogens (tertiary/aromatic N) is 1. The van der Waals surface area contributed by atoms with Crippen molar-refractivity contribution in [2.45, 2.75) is 62.9 Å². The molecular formula is C27H32N2O5. The number of likely N-dealkylation sites (N-methyl/N-ethyl adjacent to an activating group) is 1. The maximum Gasteiger partial charge on any atom is 0.408 e. The first-order valence-corrected chi connectivity index (χ1v) is 11.8. The Morgan fingerprint density at radius 3 is 2.06 bits per heavy atom. The molecule has 0 atom stereocenters. The van der Waals surface area contributed by atoms with E-state index >= 15 is 0 Å². The van der Waals surface area contributed by atoms with Gasteiger partial charge in [0.25, 0.3) is 0 Å². The van der Waals surface area contributed by atoms with Gasteiger partial charge in [0.15, 0.2) is 0 Å². The highest BCUT2D eigenvalue weighted by molar-refractivity contribution is 5.94. The molecule has 0 bridgehead atoms. The number of alkyl carbamates (subject to hydrolysis) is 1. The highest BCUT2D eigenvalue weighted by Crippen LogP contribution is 2.44. The number of carboxylic acid groups (broad SMARTS) is 1. The van der Waals surface area contributed by atoms with Crippen LogP contribution < -0.4 is 5.32 Å². The SMILES string of the molecule is CN(C(=O)C1(NC(=O)OCC2c3ccccc3-c3ccccc32)CCCCC1)C(C)(C)C(=O)O. The number of rotatable bonds is 6. The molecule has 0 spiro atoms. The number of aliphatic carboxylic acids is 1. The van der Waals surface area contributed by atoms with Crippen molar-refractivity contribution in [2.24, 2.45) is 0 Å². The molecule has 0 aromatic heterocycles. The summed E-state index contributed by atoms with van der Waals surface area (Å²) in [6.45, 7) is 3.12. The minimum atomic E-state index is -1.40. The van der Waals surface area contributed by atoms with Crippen LogP contribution in [0.25, 0.3) is 11.1 Å². The number of ether oxygens (including phenoxy) is 1. The van der Waals surface area contributed by atoms with Crippen molar-refractivity contribution in [3.63, 3.8) is 0 Å². The van der Waals surface area contributed by atoms with Crippen LogP contribution >= 0.6 is 0 Å². The summed E-state index contributed by atoms with van der Waals surface area (Å²) in [6.07, 6.45) is 2.77. The molecule has 4 rings (SSSR count). The van der Waals surface area contributed by atoms with Crippen molar-refractivity contribution in [2.75, 3.05) is 13.7 Å². The second kappa shape index (κ2) is 9.12. The fourth-order valence-electron chi connectivity index (χ4n) is 5.10. The first-order chi connectivity index (χ1) is 16.2. The zero-order chi connectivity index (χ0) is 24.5. The van der Waals surface area contributed by atoms with Gasteiger partial charge < -0.3 is 20.1 Å². The molecule has 1 saturated carbocycles. The third-order valence-corrected chi connectivity index (χ3v) is 7.47. The molecule has 0 heterocycles. The molecule has 2 amide bonds. The van der Waals surface area contributed by atoms with Crippen molar-refractivity contribution in [1.29, 1.82) is 0 Å². The molecule has 34 heavy (non-hydrogen) atoms. The summed E-state index contributed by atoms with van der Waals surface area (Å²) in [5.74, 6) is -1.58. The van der Waals surface area contributed by atoms with E-state index in [4.69, 9.17) is 4.74 Å². The second-order valence-electron chi connectivity index (χ2n) is 9.82. The highest BCUT2D eigenvalue weighted by atomic mass is 16.5. The average molecular weight is 465 g/mol. The number of nitrogens with one attached hydrogen (secondary N) is 1. The Hall–Kier alpha value is -3.35. The summed E-state index contributed by atoms with van der Waals surface area (Å²) in [6, 6.07) is 16.2. The highest BCUT2D eigenvalue weighted by Gasteiger charge is 2.48. The van der Waals surface area contributed by atoms with E-state index in [0.29, 0.717) is 12.8 Å². The monoisotopic (exact) mass is 464 g/mol. The van der Waals surface area contributed by atoms with E-state index < -0.39 is 29.0 Å². The van der Waals surface area contributed by atoms with Gasteiger partial charge in [-0.25, -0.2) is 9.59 Å². The summed E-state index contributed by atoms with van der Waals surface area (Å²) in [7, 11) is 1.48. The Morgan fingerprint density at radius 1 is 1.00 bits per heavy atom. The van der Waals surface area contributed by atoms with E-state index in [9.17, 15) is 19.5 Å². The molecule has 0 saturated heterocycles. The predicted molar refractivity (Wildman–Crippen MR) is 129 cm³/mol. The molecular weight excluding hydrogens is 432 g/mol. The molecule has 2 aromatic carbocycles. The fraction of sp³-hybridized carbons (Fsp3) is 0.444. The molecule has 2 N–H and O–H groups in total. The molecule has 0 aliphatic heterocycles. The number of fused-ring (bicyclic) bond motifs is 3. The molecule has 180 valence electrons. The molecule has 7 nitrogen and oxygen atoms in total. The van der Waals surface area contributed by atoms with Gasteiger partial charge in [0.1, 0.15) is 17.7 Å². The summed E-state index contributed by atoms with van der Waals surface area (Å²) >= 11 is 0. The molecule has 2 aliphatic rings. The van der Waals surface area contributed by atoms with Crippen LogP contribution in [0.15, 0.2) is 48.5 Å². The number of carboxylic acids is 1. The quantitative estimate of drug-likeness (QED) is 0.654. The summed E-state index contributed by atoms with van der Waals surface area (Å²) < 4.78 is 5.69. The van der Waals surface area contributed by atoms with Crippen LogP contribution in [0.5, 0.6) is 0 Å². The average Bonchev–Trinajstić information content (AvgIpc) is 3.16.